The number of rotatable bonds is 12. The van der Waals surface area contributed by atoms with Crippen molar-refractivity contribution < 1.29 is 27.6 Å². The summed E-state index contributed by atoms with van der Waals surface area (Å²) in [7, 11) is -3.51. The number of hydrogen-bond donors (Lipinski definition) is 1. The number of nitro benzene ring substituents is 1. The van der Waals surface area contributed by atoms with E-state index in [0.717, 1.165) is 12.3 Å². The molecule has 0 saturated carbocycles. The van der Waals surface area contributed by atoms with Crippen LogP contribution in [0.4, 0.5) is 11.4 Å². The first kappa shape index (κ1) is 21.3. The topological polar surface area (TPSA) is 117 Å². The van der Waals surface area contributed by atoms with Crippen LogP contribution in [0, 0.1) is 10.1 Å². The number of nitro groups is 1. The fraction of sp³-hybridized carbons (Fsp3) is 0.600. The van der Waals surface area contributed by atoms with Gasteiger partial charge in [-0.15, -0.1) is 0 Å². The Morgan fingerprint density at radius 2 is 1.88 bits per heavy atom. The number of nitrogens with one attached hydrogen (secondary N) is 1. The first-order valence-corrected chi connectivity index (χ1v) is 9.72. The van der Waals surface area contributed by atoms with Crippen molar-refractivity contribution in [3.63, 3.8) is 0 Å². The minimum Gasteiger partial charge on any atom is -0.377 e. The number of ether oxygens (including phenoxy) is 3. The van der Waals surface area contributed by atoms with Gasteiger partial charge < -0.3 is 19.5 Å². The molecule has 0 radical (unpaired) electrons. The normalized spacial score (nSPS) is 11.7. The smallest absolute Gasteiger partial charge is 0.293 e. The highest BCUT2D eigenvalue weighted by atomic mass is 32.2. The zero-order valence-electron chi connectivity index (χ0n) is 14.6. The van der Waals surface area contributed by atoms with E-state index in [1.165, 1.54) is 12.1 Å². The van der Waals surface area contributed by atoms with Gasteiger partial charge in [0.15, 0.2) is 16.1 Å². The van der Waals surface area contributed by atoms with Crippen molar-refractivity contribution in [1.29, 1.82) is 0 Å². The van der Waals surface area contributed by atoms with E-state index < -0.39 is 21.1 Å². The third-order valence-electron chi connectivity index (χ3n) is 3.11. The number of benzene rings is 1. The Balaban J connectivity index is 2.58. The van der Waals surface area contributed by atoms with Crippen LogP contribution in [0.1, 0.15) is 13.8 Å². The summed E-state index contributed by atoms with van der Waals surface area (Å²) in [5.74, 6) is 0. The monoisotopic (exact) mass is 376 g/mol. The Hall–Kier alpha value is -1.75. The molecular formula is C15H24N2O7S. The molecule has 0 heterocycles. The fourth-order valence-electron chi connectivity index (χ4n) is 2.00. The van der Waals surface area contributed by atoms with Crippen LogP contribution in [-0.4, -0.2) is 58.9 Å². The predicted octanol–water partition coefficient (Wildman–Crippen LogP) is 1.83. The van der Waals surface area contributed by atoms with Crippen molar-refractivity contribution >= 4 is 21.2 Å². The molecule has 0 aromatic heterocycles. The average molecular weight is 376 g/mol. The lowest BCUT2D eigenvalue weighted by atomic mass is 10.2. The average Bonchev–Trinajstić information content (AvgIpc) is 2.53. The van der Waals surface area contributed by atoms with Crippen molar-refractivity contribution in [3.8, 4) is 0 Å². The van der Waals surface area contributed by atoms with Crippen LogP contribution in [0.2, 0.25) is 0 Å². The molecule has 0 atom stereocenters. The molecule has 25 heavy (non-hydrogen) atoms. The van der Waals surface area contributed by atoms with Crippen molar-refractivity contribution in [2.75, 3.05) is 44.5 Å². The lowest BCUT2D eigenvalue weighted by Gasteiger charge is -2.17. The van der Waals surface area contributed by atoms with Crippen LogP contribution in [-0.2, 0) is 24.0 Å². The van der Waals surface area contributed by atoms with Crippen LogP contribution >= 0.6 is 0 Å². The van der Waals surface area contributed by atoms with E-state index in [-0.39, 0.29) is 29.5 Å². The van der Waals surface area contributed by atoms with E-state index in [9.17, 15) is 18.5 Å². The summed E-state index contributed by atoms with van der Waals surface area (Å²) in [4.78, 5) is 10.4. The Labute approximate surface area is 147 Å². The van der Waals surface area contributed by atoms with Gasteiger partial charge >= 0.3 is 0 Å². The predicted molar refractivity (Wildman–Crippen MR) is 92.6 cm³/mol. The summed E-state index contributed by atoms with van der Waals surface area (Å²) in [5.41, 5.74) is -0.0726. The third-order valence-corrected chi connectivity index (χ3v) is 4.23. The van der Waals surface area contributed by atoms with Gasteiger partial charge in [-0.25, -0.2) is 8.42 Å². The van der Waals surface area contributed by atoms with Crippen LogP contribution in [0.3, 0.4) is 0 Å². The molecule has 0 bridgehead atoms. The van der Waals surface area contributed by atoms with Gasteiger partial charge in [0.1, 0.15) is 5.69 Å². The summed E-state index contributed by atoms with van der Waals surface area (Å²) in [6.45, 7) is 5.56. The molecule has 1 rings (SSSR count). The number of sulfone groups is 1. The molecule has 1 aromatic carbocycles. The van der Waals surface area contributed by atoms with E-state index in [1.807, 2.05) is 13.8 Å². The Bertz CT molecular complexity index is 658. The summed E-state index contributed by atoms with van der Waals surface area (Å²) in [6.07, 6.45) is 0.554. The molecular weight excluding hydrogens is 352 g/mol. The molecule has 0 fully saturated rings. The van der Waals surface area contributed by atoms with Crippen LogP contribution < -0.4 is 5.32 Å². The van der Waals surface area contributed by atoms with Crippen molar-refractivity contribution in [1.82, 2.24) is 0 Å². The highest BCUT2D eigenvalue weighted by molar-refractivity contribution is 7.90. The van der Waals surface area contributed by atoms with Crippen molar-refractivity contribution in [2.45, 2.75) is 25.0 Å². The quantitative estimate of drug-likeness (QED) is 0.254. The second-order valence-electron chi connectivity index (χ2n) is 5.05. The molecule has 0 aliphatic heterocycles. The van der Waals surface area contributed by atoms with Gasteiger partial charge in [-0.2, -0.15) is 0 Å². The van der Waals surface area contributed by atoms with Crippen LogP contribution in [0.5, 0.6) is 0 Å². The first-order valence-electron chi connectivity index (χ1n) is 7.82. The largest absolute Gasteiger partial charge is 0.377 e. The van der Waals surface area contributed by atoms with Gasteiger partial charge in [-0.1, -0.05) is 0 Å². The van der Waals surface area contributed by atoms with Crippen molar-refractivity contribution in [3.05, 3.63) is 28.3 Å². The molecule has 1 N–H and O–H groups in total. The maximum atomic E-state index is 11.5. The molecule has 10 heteroatoms. The number of hydrogen-bond acceptors (Lipinski definition) is 8. The van der Waals surface area contributed by atoms with Gasteiger partial charge in [0.25, 0.3) is 5.69 Å². The van der Waals surface area contributed by atoms with E-state index in [1.54, 1.807) is 0 Å². The second-order valence-corrected chi connectivity index (χ2v) is 7.07. The first-order chi connectivity index (χ1) is 11.8. The van der Waals surface area contributed by atoms with Gasteiger partial charge in [0.2, 0.25) is 0 Å². The molecule has 0 unspecified atom stereocenters. The maximum Gasteiger partial charge on any atom is 0.293 e. The molecule has 9 nitrogen and oxygen atoms in total. The molecule has 0 aliphatic carbocycles. The van der Waals surface area contributed by atoms with Crippen LogP contribution in [0.25, 0.3) is 0 Å². The molecule has 1 aromatic rings. The van der Waals surface area contributed by atoms with E-state index in [2.05, 4.69) is 5.32 Å². The van der Waals surface area contributed by atoms with Gasteiger partial charge in [0.05, 0.1) is 23.0 Å². The van der Waals surface area contributed by atoms with Crippen LogP contribution in [0.15, 0.2) is 23.1 Å². The Morgan fingerprint density at radius 1 is 1.24 bits per heavy atom. The lowest BCUT2D eigenvalue weighted by molar-refractivity contribution is -0.384. The number of nitrogens with zero attached hydrogens (tertiary/aromatic N) is 1. The van der Waals surface area contributed by atoms with Crippen molar-refractivity contribution in [2.24, 2.45) is 0 Å². The van der Waals surface area contributed by atoms with Gasteiger partial charge in [-0.05, 0) is 26.0 Å². The SMILES string of the molecule is CCOC(COCCNc1ccc(S(C)(=O)=O)cc1[N+](=O)[O-])OCC. The van der Waals surface area contributed by atoms with Gasteiger partial charge in [0, 0.05) is 32.1 Å². The highest BCUT2D eigenvalue weighted by Crippen LogP contribution is 2.27. The molecule has 0 saturated heterocycles. The zero-order valence-corrected chi connectivity index (χ0v) is 15.4. The van der Waals surface area contributed by atoms with Gasteiger partial charge in [-0.3, -0.25) is 10.1 Å². The minimum absolute atomic E-state index is 0.0997. The van der Waals surface area contributed by atoms with E-state index >= 15 is 0 Å². The zero-order chi connectivity index (χ0) is 18.9. The van der Waals surface area contributed by atoms with E-state index in [4.69, 9.17) is 14.2 Å². The summed E-state index contributed by atoms with van der Waals surface area (Å²) in [6, 6.07) is 3.74. The fourth-order valence-corrected chi connectivity index (χ4v) is 2.64. The third kappa shape index (κ3) is 7.34. The minimum atomic E-state index is -3.51. The molecule has 142 valence electrons. The standard InChI is InChI=1S/C15H24N2O7S/c1-4-23-15(24-5-2)11-22-9-8-16-13-7-6-12(25(3,20)21)10-14(13)17(18)19/h6-7,10,15-16H,4-5,8-9,11H2,1-3H3. The Morgan fingerprint density at radius 3 is 2.40 bits per heavy atom. The molecule has 0 aliphatic rings. The summed E-state index contributed by atoms with van der Waals surface area (Å²) in [5, 5.41) is 14.0. The molecule has 0 amide bonds. The number of anilines is 1. The Kier molecular flexibility index (Phi) is 8.76. The van der Waals surface area contributed by atoms with E-state index in [0.29, 0.717) is 19.8 Å². The lowest BCUT2D eigenvalue weighted by Crippen LogP contribution is -2.25. The molecule has 0 spiro atoms. The summed E-state index contributed by atoms with van der Waals surface area (Å²) >= 11 is 0. The summed E-state index contributed by atoms with van der Waals surface area (Å²) < 4.78 is 39.1. The maximum absolute atomic E-state index is 11.5. The second kappa shape index (κ2) is 10.3. The highest BCUT2D eigenvalue weighted by Gasteiger charge is 2.18.